The largest absolute Gasteiger partial charge is 0.371 e. The summed E-state index contributed by atoms with van der Waals surface area (Å²) in [5.41, 5.74) is 1.15. The average molecular weight is 353 g/mol. The first-order valence-corrected chi connectivity index (χ1v) is 9.28. The highest BCUT2D eigenvalue weighted by Gasteiger charge is 2.59. The first-order chi connectivity index (χ1) is 12.6. The maximum atomic E-state index is 14.4. The molecule has 3 fully saturated rings. The molecule has 2 heterocycles. The molecule has 2 amide bonds. The summed E-state index contributed by atoms with van der Waals surface area (Å²) in [6.07, 6.45) is 8.51. The Morgan fingerprint density at radius 1 is 1.04 bits per heavy atom. The summed E-state index contributed by atoms with van der Waals surface area (Å²) in [7, 11) is 0. The van der Waals surface area contributed by atoms with E-state index in [0.717, 1.165) is 43.0 Å². The number of benzene rings is 1. The molecule has 0 radical (unpaired) electrons. The molecular weight excluding hydrogens is 333 g/mol. The summed E-state index contributed by atoms with van der Waals surface area (Å²) in [6.45, 7) is 1.89. The van der Waals surface area contributed by atoms with Gasteiger partial charge in [0.1, 0.15) is 5.82 Å². The van der Waals surface area contributed by atoms with Crippen LogP contribution < -0.4 is 4.90 Å². The second kappa shape index (κ2) is 5.76. The summed E-state index contributed by atoms with van der Waals surface area (Å²) in [6, 6.07) is 5.02. The lowest BCUT2D eigenvalue weighted by atomic mass is 9.85. The van der Waals surface area contributed by atoms with Gasteiger partial charge in [-0.05, 0) is 49.3 Å². The van der Waals surface area contributed by atoms with E-state index in [1.165, 1.54) is 12.3 Å². The van der Waals surface area contributed by atoms with Gasteiger partial charge in [-0.25, -0.2) is 4.39 Å². The molecule has 2 saturated heterocycles. The third-order valence-electron chi connectivity index (χ3n) is 6.21. The molecule has 1 saturated carbocycles. The summed E-state index contributed by atoms with van der Waals surface area (Å²) in [5.74, 6) is -1.14. The number of anilines is 1. The molecule has 5 rings (SSSR count). The summed E-state index contributed by atoms with van der Waals surface area (Å²) in [4.78, 5) is 27.3. The molecule has 1 aromatic rings. The van der Waals surface area contributed by atoms with E-state index in [-0.39, 0.29) is 46.9 Å². The number of rotatable bonds is 3. The molecule has 0 spiro atoms. The van der Waals surface area contributed by atoms with Crippen molar-refractivity contribution in [1.82, 2.24) is 5.01 Å². The Morgan fingerprint density at radius 3 is 2.31 bits per heavy atom. The molecule has 5 nitrogen and oxygen atoms in total. The lowest BCUT2D eigenvalue weighted by Crippen LogP contribution is -2.28. The Bertz CT molecular complexity index is 813. The minimum atomic E-state index is -0.390. The zero-order chi connectivity index (χ0) is 17.8. The Balaban J connectivity index is 1.36. The van der Waals surface area contributed by atoms with Crippen LogP contribution in [0, 0.1) is 29.5 Å². The number of allylic oxidation sites excluding steroid dienone is 2. The van der Waals surface area contributed by atoms with E-state index in [9.17, 15) is 14.0 Å². The highest BCUT2D eigenvalue weighted by atomic mass is 19.1. The van der Waals surface area contributed by atoms with Gasteiger partial charge in [-0.1, -0.05) is 12.2 Å². The van der Waals surface area contributed by atoms with Gasteiger partial charge in [-0.2, -0.15) is 10.1 Å². The van der Waals surface area contributed by atoms with Gasteiger partial charge in [-0.3, -0.25) is 9.59 Å². The van der Waals surface area contributed by atoms with Crippen LogP contribution in [-0.2, 0) is 9.59 Å². The number of hydrazone groups is 1. The van der Waals surface area contributed by atoms with E-state index in [4.69, 9.17) is 0 Å². The summed E-state index contributed by atoms with van der Waals surface area (Å²) in [5, 5.41) is 5.00. The molecule has 2 aliphatic heterocycles. The maximum Gasteiger partial charge on any atom is 0.254 e. The van der Waals surface area contributed by atoms with Gasteiger partial charge >= 0.3 is 0 Å². The fraction of sp³-hybridized carbons (Fsp3) is 0.450. The number of halogens is 1. The zero-order valence-corrected chi connectivity index (χ0v) is 14.3. The third-order valence-corrected chi connectivity index (χ3v) is 6.21. The molecule has 0 N–H and O–H groups in total. The van der Waals surface area contributed by atoms with Crippen LogP contribution in [-0.4, -0.2) is 36.1 Å². The van der Waals surface area contributed by atoms with Crippen molar-refractivity contribution in [3.05, 3.63) is 41.7 Å². The predicted octanol–water partition coefficient (Wildman–Crippen LogP) is 2.57. The average Bonchev–Trinajstić information content (AvgIpc) is 3.40. The molecule has 134 valence electrons. The van der Waals surface area contributed by atoms with E-state index in [1.54, 1.807) is 6.07 Å². The Kier molecular flexibility index (Phi) is 3.48. The minimum absolute atomic E-state index is 0.151. The van der Waals surface area contributed by atoms with Gasteiger partial charge in [0, 0.05) is 24.3 Å². The molecule has 0 unspecified atom stereocenters. The number of hydrogen-bond donors (Lipinski definition) is 0. The maximum absolute atomic E-state index is 14.4. The SMILES string of the molecule is O=C1[C@@H]2[C@H](C(=O)N1N=Cc1ccc(N3CCCC3)cc1F)[C@H]1C=C[C@H]2C1. The minimum Gasteiger partial charge on any atom is -0.371 e. The van der Waals surface area contributed by atoms with E-state index in [0.29, 0.717) is 0 Å². The molecule has 4 atom stereocenters. The molecule has 6 heteroatoms. The zero-order valence-electron chi connectivity index (χ0n) is 14.3. The standard InChI is InChI=1S/C20H20FN3O2/c21-16-10-15(23-7-1-2-8-23)6-5-14(16)11-22-24-19(25)17-12-3-4-13(9-12)18(17)20(24)26/h3-6,10-13,17-18H,1-2,7-9H2/t12-,13-,17-,18+/m0/s1. The molecule has 2 aliphatic carbocycles. The predicted molar refractivity (Wildman–Crippen MR) is 95.0 cm³/mol. The normalized spacial score (nSPS) is 32.5. The molecule has 1 aromatic carbocycles. The number of nitrogens with zero attached hydrogens (tertiary/aromatic N) is 3. The van der Waals surface area contributed by atoms with Crippen LogP contribution >= 0.6 is 0 Å². The fourth-order valence-electron chi connectivity index (χ4n) is 4.91. The van der Waals surface area contributed by atoms with Crippen LogP contribution in [0.15, 0.2) is 35.5 Å². The van der Waals surface area contributed by atoms with Crippen molar-refractivity contribution >= 4 is 23.7 Å². The van der Waals surface area contributed by atoms with Crippen molar-refractivity contribution in [3.8, 4) is 0 Å². The van der Waals surface area contributed by atoms with E-state index in [1.807, 2.05) is 18.2 Å². The number of amides is 2. The fourth-order valence-corrected chi connectivity index (χ4v) is 4.91. The third kappa shape index (κ3) is 2.24. The van der Waals surface area contributed by atoms with Crippen molar-refractivity contribution in [2.24, 2.45) is 28.8 Å². The van der Waals surface area contributed by atoms with E-state index < -0.39 is 0 Å². The molecule has 2 bridgehead atoms. The Hall–Kier alpha value is -2.50. The smallest absolute Gasteiger partial charge is 0.254 e. The summed E-state index contributed by atoms with van der Waals surface area (Å²) >= 11 is 0. The van der Waals surface area contributed by atoms with Crippen molar-refractivity contribution in [1.29, 1.82) is 0 Å². The monoisotopic (exact) mass is 353 g/mol. The van der Waals surface area contributed by atoms with Crippen molar-refractivity contribution in [2.45, 2.75) is 19.3 Å². The molecule has 0 aromatic heterocycles. The van der Waals surface area contributed by atoms with Crippen molar-refractivity contribution in [3.63, 3.8) is 0 Å². The van der Waals surface area contributed by atoms with Crippen LogP contribution in [0.4, 0.5) is 10.1 Å². The molecule has 4 aliphatic rings. The van der Waals surface area contributed by atoms with Crippen LogP contribution in [0.25, 0.3) is 0 Å². The number of carbonyl (C=O) groups is 2. The molecule has 26 heavy (non-hydrogen) atoms. The number of hydrogen-bond acceptors (Lipinski definition) is 4. The van der Waals surface area contributed by atoms with E-state index in [2.05, 4.69) is 10.0 Å². The first-order valence-electron chi connectivity index (χ1n) is 9.28. The van der Waals surface area contributed by atoms with Crippen LogP contribution in [0.5, 0.6) is 0 Å². The molecular formula is C20H20FN3O2. The summed E-state index contributed by atoms with van der Waals surface area (Å²) < 4.78 is 14.4. The van der Waals surface area contributed by atoms with Crippen LogP contribution in [0.3, 0.4) is 0 Å². The Morgan fingerprint density at radius 2 is 1.69 bits per heavy atom. The van der Waals surface area contributed by atoms with Gasteiger partial charge in [0.25, 0.3) is 11.8 Å². The number of carbonyl (C=O) groups excluding carboxylic acids is 2. The lowest BCUT2D eigenvalue weighted by molar-refractivity contribution is -0.140. The topological polar surface area (TPSA) is 53.0 Å². The highest BCUT2D eigenvalue weighted by molar-refractivity contribution is 6.06. The van der Waals surface area contributed by atoms with Gasteiger partial charge < -0.3 is 4.90 Å². The number of fused-ring (bicyclic) bond motifs is 5. The van der Waals surface area contributed by atoms with Gasteiger partial charge in [0.2, 0.25) is 0 Å². The van der Waals surface area contributed by atoms with Crippen molar-refractivity contribution in [2.75, 3.05) is 18.0 Å². The Labute approximate surface area is 151 Å². The second-order valence-corrected chi connectivity index (χ2v) is 7.63. The quantitative estimate of drug-likeness (QED) is 0.477. The second-order valence-electron chi connectivity index (χ2n) is 7.63. The highest BCUT2D eigenvalue weighted by Crippen LogP contribution is 2.52. The number of imide groups is 1. The van der Waals surface area contributed by atoms with Gasteiger partial charge in [0.05, 0.1) is 18.1 Å². The van der Waals surface area contributed by atoms with Crippen LogP contribution in [0.1, 0.15) is 24.8 Å². The van der Waals surface area contributed by atoms with E-state index >= 15 is 0 Å². The van der Waals surface area contributed by atoms with Gasteiger partial charge in [0.15, 0.2) is 0 Å². The van der Waals surface area contributed by atoms with Crippen molar-refractivity contribution < 1.29 is 14.0 Å². The van der Waals surface area contributed by atoms with Crippen LogP contribution in [0.2, 0.25) is 0 Å². The lowest BCUT2D eigenvalue weighted by Gasteiger charge is -2.17. The van der Waals surface area contributed by atoms with Gasteiger partial charge in [-0.15, -0.1) is 0 Å². The first kappa shape index (κ1) is 15.7.